The molecule has 0 fully saturated rings. The van der Waals surface area contributed by atoms with Crippen LogP contribution in [0, 0.1) is 0 Å². The molecular formula is C19H17BrN4OS. The Labute approximate surface area is 163 Å². The number of aromatic nitrogens is 3. The predicted molar refractivity (Wildman–Crippen MR) is 109 cm³/mol. The Morgan fingerprint density at radius 2 is 2.15 bits per heavy atom. The van der Waals surface area contributed by atoms with E-state index in [1.54, 1.807) is 17.4 Å². The van der Waals surface area contributed by atoms with E-state index in [1.807, 2.05) is 31.3 Å². The van der Waals surface area contributed by atoms with E-state index in [-0.39, 0.29) is 5.91 Å². The van der Waals surface area contributed by atoms with Crippen LogP contribution in [-0.2, 0) is 13.5 Å². The maximum atomic E-state index is 12.3. The summed E-state index contributed by atoms with van der Waals surface area (Å²) in [5, 5.41) is 11.2. The minimum atomic E-state index is -0.164. The van der Waals surface area contributed by atoms with Gasteiger partial charge in [-0.15, -0.1) is 11.3 Å². The average molecular weight is 429 g/mol. The van der Waals surface area contributed by atoms with Crippen LogP contribution in [0.4, 0.5) is 0 Å². The fraction of sp³-hybridized carbons (Fsp3) is 0.158. The topological polar surface area (TPSA) is 62.7 Å². The van der Waals surface area contributed by atoms with Crippen LogP contribution in [0.2, 0.25) is 0 Å². The predicted octanol–water partition coefficient (Wildman–Crippen LogP) is 4.36. The van der Waals surface area contributed by atoms with Crippen molar-refractivity contribution in [2.45, 2.75) is 6.42 Å². The molecule has 0 radical (unpaired) electrons. The summed E-state index contributed by atoms with van der Waals surface area (Å²) in [5.41, 5.74) is 3.68. The molecule has 0 spiro atoms. The highest BCUT2D eigenvalue weighted by Gasteiger charge is 2.13. The Morgan fingerprint density at radius 1 is 1.31 bits per heavy atom. The highest BCUT2D eigenvalue weighted by atomic mass is 79.9. The van der Waals surface area contributed by atoms with E-state index in [0.717, 1.165) is 20.8 Å². The lowest BCUT2D eigenvalue weighted by molar-refractivity contribution is 0.0949. The van der Waals surface area contributed by atoms with Crippen LogP contribution in [-0.4, -0.2) is 27.2 Å². The number of aryl methyl sites for hydroxylation is 1. The van der Waals surface area contributed by atoms with Gasteiger partial charge in [-0.2, -0.15) is 5.10 Å². The average Bonchev–Trinajstić information content (AvgIpc) is 3.35. The van der Waals surface area contributed by atoms with Crippen LogP contribution < -0.4 is 5.32 Å². The highest BCUT2D eigenvalue weighted by molar-refractivity contribution is 9.11. The van der Waals surface area contributed by atoms with Gasteiger partial charge >= 0.3 is 0 Å². The molecule has 0 saturated carbocycles. The third kappa shape index (κ3) is 3.32. The van der Waals surface area contributed by atoms with Gasteiger partial charge in [0, 0.05) is 30.7 Å². The van der Waals surface area contributed by atoms with Crippen molar-refractivity contribution in [3.63, 3.8) is 0 Å². The summed E-state index contributed by atoms with van der Waals surface area (Å²) in [7, 11) is 2.04. The van der Waals surface area contributed by atoms with E-state index in [4.69, 9.17) is 0 Å². The lowest BCUT2D eigenvalue weighted by Gasteiger charge is -2.02. The zero-order valence-corrected chi connectivity index (χ0v) is 16.5. The Hall–Kier alpha value is -2.38. The molecule has 1 amide bonds. The summed E-state index contributed by atoms with van der Waals surface area (Å²) in [6.45, 7) is 0.569. The van der Waals surface area contributed by atoms with E-state index in [9.17, 15) is 4.79 Å². The number of carbonyl (C=O) groups excluding carboxylic acids is 1. The molecule has 0 unspecified atom stereocenters. The number of amides is 1. The normalized spacial score (nSPS) is 11.2. The van der Waals surface area contributed by atoms with E-state index < -0.39 is 0 Å². The van der Waals surface area contributed by atoms with Gasteiger partial charge < -0.3 is 9.88 Å². The van der Waals surface area contributed by atoms with E-state index >= 15 is 0 Å². The first kappa shape index (κ1) is 17.1. The molecule has 0 aliphatic heterocycles. The Balaban J connectivity index is 1.40. The fourth-order valence-electron chi connectivity index (χ4n) is 3.05. The fourth-order valence-corrected chi connectivity index (χ4v) is 4.40. The number of thiophene rings is 1. The summed E-state index contributed by atoms with van der Waals surface area (Å²) in [4.78, 5) is 13.4. The van der Waals surface area contributed by atoms with Crippen LogP contribution in [0.3, 0.4) is 0 Å². The number of nitrogens with zero attached hydrogens (tertiary/aromatic N) is 2. The molecule has 2 N–H and O–H groups in total. The molecule has 0 bridgehead atoms. The first-order valence-corrected chi connectivity index (χ1v) is 9.85. The lowest BCUT2D eigenvalue weighted by Crippen LogP contribution is -2.25. The van der Waals surface area contributed by atoms with Crippen molar-refractivity contribution in [3.8, 4) is 10.6 Å². The van der Waals surface area contributed by atoms with Gasteiger partial charge in [-0.05, 0) is 52.2 Å². The number of H-pyrrole nitrogens is 1. The Kier molecular flexibility index (Phi) is 4.65. The molecule has 0 saturated heterocycles. The molecule has 1 aromatic carbocycles. The lowest BCUT2D eigenvalue weighted by atomic mass is 10.1. The maximum absolute atomic E-state index is 12.3. The van der Waals surface area contributed by atoms with E-state index in [0.29, 0.717) is 12.2 Å². The number of nitrogens with one attached hydrogen (secondary N) is 2. The summed E-state index contributed by atoms with van der Waals surface area (Å²) < 4.78 is 3.16. The summed E-state index contributed by atoms with van der Waals surface area (Å²) in [5.74, 6) is -0.164. The molecule has 7 heteroatoms. The molecule has 132 valence electrons. The Bertz CT molecular complexity index is 1080. The maximum Gasteiger partial charge on any atom is 0.271 e. The van der Waals surface area contributed by atoms with Gasteiger partial charge in [0.15, 0.2) is 5.69 Å². The molecule has 4 aromatic rings. The van der Waals surface area contributed by atoms with Crippen molar-refractivity contribution in [1.82, 2.24) is 20.1 Å². The second kappa shape index (κ2) is 7.09. The third-order valence-electron chi connectivity index (χ3n) is 4.31. The first-order valence-electron chi connectivity index (χ1n) is 8.24. The van der Waals surface area contributed by atoms with Gasteiger partial charge in [-0.1, -0.05) is 18.2 Å². The largest absolute Gasteiger partial charge is 0.350 e. The molecule has 26 heavy (non-hydrogen) atoms. The summed E-state index contributed by atoms with van der Waals surface area (Å²) >= 11 is 5.04. The van der Waals surface area contributed by atoms with Crippen LogP contribution in [0.5, 0.6) is 0 Å². The number of rotatable bonds is 5. The quantitative estimate of drug-likeness (QED) is 0.495. The van der Waals surface area contributed by atoms with Crippen molar-refractivity contribution in [2.75, 3.05) is 6.54 Å². The minimum Gasteiger partial charge on any atom is -0.350 e. The van der Waals surface area contributed by atoms with Gasteiger partial charge in [0.1, 0.15) is 0 Å². The van der Waals surface area contributed by atoms with Crippen molar-refractivity contribution < 1.29 is 4.79 Å². The molecular weight excluding hydrogens is 412 g/mol. The van der Waals surface area contributed by atoms with Gasteiger partial charge in [0.25, 0.3) is 5.91 Å². The molecule has 5 nitrogen and oxygen atoms in total. The smallest absolute Gasteiger partial charge is 0.271 e. The number of hydrogen-bond acceptors (Lipinski definition) is 3. The van der Waals surface area contributed by atoms with Crippen molar-refractivity contribution >= 4 is 44.1 Å². The molecule has 3 heterocycles. The van der Waals surface area contributed by atoms with Gasteiger partial charge in [0.05, 0.1) is 14.4 Å². The second-order valence-corrected chi connectivity index (χ2v) is 8.52. The van der Waals surface area contributed by atoms with Gasteiger partial charge in [-0.3, -0.25) is 9.89 Å². The highest BCUT2D eigenvalue weighted by Crippen LogP contribution is 2.30. The van der Waals surface area contributed by atoms with Crippen molar-refractivity contribution in [2.24, 2.45) is 7.05 Å². The van der Waals surface area contributed by atoms with Gasteiger partial charge in [0.2, 0.25) is 0 Å². The van der Waals surface area contributed by atoms with Crippen molar-refractivity contribution in [3.05, 3.63) is 63.7 Å². The molecule has 0 aliphatic carbocycles. The zero-order valence-electron chi connectivity index (χ0n) is 14.1. The third-order valence-corrected chi connectivity index (χ3v) is 5.97. The monoisotopic (exact) mass is 428 g/mol. The number of hydrogen-bond donors (Lipinski definition) is 2. The van der Waals surface area contributed by atoms with E-state index in [2.05, 4.69) is 54.3 Å². The summed E-state index contributed by atoms with van der Waals surface area (Å²) in [6, 6.07) is 14.0. The number of aromatic amines is 1. The van der Waals surface area contributed by atoms with Crippen LogP contribution in [0.25, 0.3) is 21.5 Å². The SMILES string of the molecule is Cn1cc(CCNC(=O)c2cc(-c3ccc(Br)s3)[nH]n2)c2ccccc21. The van der Waals surface area contributed by atoms with Crippen LogP contribution in [0.15, 0.2) is 52.4 Å². The second-order valence-electron chi connectivity index (χ2n) is 6.06. The van der Waals surface area contributed by atoms with E-state index in [1.165, 1.54) is 16.5 Å². The Morgan fingerprint density at radius 3 is 2.96 bits per heavy atom. The van der Waals surface area contributed by atoms with Crippen LogP contribution >= 0.6 is 27.3 Å². The molecule has 3 aromatic heterocycles. The first-order chi connectivity index (χ1) is 12.6. The number of fused-ring (bicyclic) bond motifs is 1. The number of para-hydroxylation sites is 1. The number of halogens is 1. The van der Waals surface area contributed by atoms with Gasteiger partial charge in [-0.25, -0.2) is 0 Å². The molecule has 0 atom stereocenters. The number of benzene rings is 1. The molecule has 4 rings (SSSR count). The number of carbonyl (C=O) groups is 1. The summed E-state index contributed by atoms with van der Waals surface area (Å²) in [6.07, 6.45) is 2.90. The minimum absolute atomic E-state index is 0.164. The molecule has 0 aliphatic rings. The van der Waals surface area contributed by atoms with Crippen LogP contribution in [0.1, 0.15) is 16.1 Å². The van der Waals surface area contributed by atoms with Crippen molar-refractivity contribution in [1.29, 1.82) is 0 Å². The standard InChI is InChI=1S/C19H17BrN4OS/c1-24-11-12(13-4-2-3-5-16(13)24)8-9-21-19(25)15-10-14(22-23-15)17-6-7-18(20)26-17/h2-7,10-11H,8-9H2,1H3,(H,21,25)(H,22,23). The zero-order chi connectivity index (χ0) is 18.1.